The van der Waals surface area contributed by atoms with Gasteiger partial charge in [0, 0.05) is 19.6 Å². The van der Waals surface area contributed by atoms with E-state index in [0.717, 1.165) is 13.1 Å². The van der Waals surface area contributed by atoms with Gasteiger partial charge in [0.15, 0.2) is 0 Å². The first-order valence-electron chi connectivity index (χ1n) is 8.53. The molecule has 1 rings (SSSR count). The van der Waals surface area contributed by atoms with E-state index in [1.807, 2.05) is 0 Å². The maximum atomic E-state index is 11.5. The summed E-state index contributed by atoms with van der Waals surface area (Å²) in [7, 11) is 1.34. The maximum Gasteiger partial charge on any atom is 0.337 e. The van der Waals surface area contributed by atoms with E-state index < -0.39 is 12.1 Å². The van der Waals surface area contributed by atoms with Gasteiger partial charge in [-0.2, -0.15) is 0 Å². The third-order valence-corrected chi connectivity index (χ3v) is 3.41. The van der Waals surface area contributed by atoms with E-state index in [0.29, 0.717) is 29.7 Å². The number of hydrogen-bond acceptors (Lipinski definition) is 5. The van der Waals surface area contributed by atoms with Crippen molar-refractivity contribution >= 4 is 5.97 Å². The zero-order valence-corrected chi connectivity index (χ0v) is 15.5. The van der Waals surface area contributed by atoms with Crippen LogP contribution in [0, 0.1) is 11.8 Å². The predicted molar refractivity (Wildman–Crippen MR) is 95.4 cm³/mol. The summed E-state index contributed by atoms with van der Waals surface area (Å²) in [5, 5.41) is 10.3. The van der Waals surface area contributed by atoms with Crippen molar-refractivity contribution in [3.63, 3.8) is 0 Å². The molecule has 0 amide bonds. The zero-order chi connectivity index (χ0) is 18.1. The van der Waals surface area contributed by atoms with Crippen LogP contribution >= 0.6 is 0 Å². The molecule has 1 unspecified atom stereocenters. The molecule has 0 radical (unpaired) electrons. The standard InChI is InChI=1S/C19H31NO4/c1-14(2)10-20(11-15(3)4)12-17(21)13-24-18-8-6-7-16(9-18)19(22)23-5/h6-9,14-15,17,21H,10-13H2,1-5H3. The van der Waals surface area contributed by atoms with Crippen LogP contribution in [0.5, 0.6) is 5.75 Å². The Labute approximate surface area is 145 Å². The Balaban J connectivity index is 2.54. The smallest absolute Gasteiger partial charge is 0.337 e. The number of methoxy groups -OCH3 is 1. The van der Waals surface area contributed by atoms with E-state index in [1.165, 1.54) is 7.11 Å². The molecule has 0 heterocycles. The summed E-state index contributed by atoms with van der Waals surface area (Å²) < 4.78 is 10.3. The molecule has 1 aromatic carbocycles. The Morgan fingerprint density at radius 3 is 2.29 bits per heavy atom. The summed E-state index contributed by atoms with van der Waals surface area (Å²) in [6.07, 6.45) is -0.579. The van der Waals surface area contributed by atoms with Crippen LogP contribution in [0.1, 0.15) is 38.1 Å². The number of benzene rings is 1. The quantitative estimate of drug-likeness (QED) is 0.665. The molecule has 0 aliphatic rings. The van der Waals surface area contributed by atoms with E-state index in [9.17, 15) is 9.90 Å². The van der Waals surface area contributed by atoms with Crippen molar-refractivity contribution in [1.29, 1.82) is 0 Å². The van der Waals surface area contributed by atoms with Crippen molar-refractivity contribution in [2.24, 2.45) is 11.8 Å². The van der Waals surface area contributed by atoms with Crippen LogP contribution in [0.4, 0.5) is 0 Å². The molecule has 0 aliphatic carbocycles. The van der Waals surface area contributed by atoms with Crippen molar-refractivity contribution in [3.05, 3.63) is 29.8 Å². The van der Waals surface area contributed by atoms with Gasteiger partial charge in [0.2, 0.25) is 0 Å². The van der Waals surface area contributed by atoms with Gasteiger partial charge in [-0.1, -0.05) is 33.8 Å². The number of hydrogen-bond donors (Lipinski definition) is 1. The van der Waals surface area contributed by atoms with Gasteiger partial charge in [-0.25, -0.2) is 4.79 Å². The molecule has 136 valence electrons. The van der Waals surface area contributed by atoms with Crippen LogP contribution in [0.25, 0.3) is 0 Å². The Kier molecular flexibility index (Phi) is 8.79. The molecule has 0 aliphatic heterocycles. The molecule has 0 fully saturated rings. The van der Waals surface area contributed by atoms with Crippen molar-refractivity contribution in [3.8, 4) is 5.75 Å². The second kappa shape index (κ2) is 10.3. The van der Waals surface area contributed by atoms with Crippen LogP contribution in [-0.4, -0.2) is 55.4 Å². The Morgan fingerprint density at radius 1 is 1.12 bits per heavy atom. The average molecular weight is 337 g/mol. The van der Waals surface area contributed by atoms with Crippen LogP contribution in [-0.2, 0) is 4.74 Å². The summed E-state index contributed by atoms with van der Waals surface area (Å²) in [4.78, 5) is 13.8. The van der Waals surface area contributed by atoms with Gasteiger partial charge in [-0.15, -0.1) is 0 Å². The number of esters is 1. The third kappa shape index (κ3) is 7.79. The average Bonchev–Trinajstić information content (AvgIpc) is 2.51. The molecule has 0 aromatic heterocycles. The lowest BCUT2D eigenvalue weighted by atomic mass is 10.1. The first kappa shape index (κ1) is 20.5. The second-order valence-corrected chi connectivity index (χ2v) is 6.99. The number of rotatable bonds is 10. The number of carbonyl (C=O) groups excluding carboxylic acids is 1. The van der Waals surface area contributed by atoms with Crippen LogP contribution in [0.2, 0.25) is 0 Å². The highest BCUT2D eigenvalue weighted by Crippen LogP contribution is 2.14. The lowest BCUT2D eigenvalue weighted by Crippen LogP contribution is -2.39. The van der Waals surface area contributed by atoms with Gasteiger partial charge >= 0.3 is 5.97 Å². The second-order valence-electron chi connectivity index (χ2n) is 6.99. The molecule has 0 bridgehead atoms. The van der Waals surface area contributed by atoms with Gasteiger partial charge in [-0.05, 0) is 30.0 Å². The summed E-state index contributed by atoms with van der Waals surface area (Å²) in [6, 6.07) is 6.79. The fourth-order valence-corrected chi connectivity index (χ4v) is 2.63. The highest BCUT2D eigenvalue weighted by Gasteiger charge is 2.15. The fraction of sp³-hybridized carbons (Fsp3) is 0.632. The summed E-state index contributed by atoms with van der Waals surface area (Å²) in [6.45, 7) is 11.4. The van der Waals surface area contributed by atoms with Crippen molar-refractivity contribution in [2.75, 3.05) is 33.4 Å². The molecule has 0 saturated heterocycles. The first-order chi connectivity index (χ1) is 11.3. The molecular weight excluding hydrogens is 306 g/mol. The molecule has 1 N–H and O–H groups in total. The minimum atomic E-state index is -0.579. The topological polar surface area (TPSA) is 59.0 Å². The van der Waals surface area contributed by atoms with E-state index in [-0.39, 0.29) is 6.61 Å². The molecule has 0 spiro atoms. The van der Waals surface area contributed by atoms with Gasteiger partial charge in [-0.3, -0.25) is 0 Å². The molecule has 1 aromatic rings. The maximum absolute atomic E-state index is 11.5. The zero-order valence-electron chi connectivity index (χ0n) is 15.5. The number of carbonyl (C=O) groups is 1. The Hall–Kier alpha value is -1.59. The molecular formula is C19H31NO4. The SMILES string of the molecule is COC(=O)c1cccc(OCC(O)CN(CC(C)C)CC(C)C)c1. The molecule has 5 nitrogen and oxygen atoms in total. The van der Waals surface area contributed by atoms with Crippen LogP contribution in [0.3, 0.4) is 0 Å². The van der Waals surface area contributed by atoms with E-state index in [2.05, 4.69) is 32.6 Å². The van der Waals surface area contributed by atoms with Crippen LogP contribution in [0.15, 0.2) is 24.3 Å². The van der Waals surface area contributed by atoms with Gasteiger partial charge in [0.05, 0.1) is 12.7 Å². The van der Waals surface area contributed by atoms with Gasteiger partial charge in [0.1, 0.15) is 18.5 Å². The van der Waals surface area contributed by atoms with Crippen LogP contribution < -0.4 is 4.74 Å². The van der Waals surface area contributed by atoms with Crippen molar-refractivity contribution in [1.82, 2.24) is 4.90 Å². The van der Waals surface area contributed by atoms with Gasteiger partial charge in [0.25, 0.3) is 0 Å². The summed E-state index contributed by atoms with van der Waals surface area (Å²) in [5.74, 6) is 1.25. The third-order valence-electron chi connectivity index (χ3n) is 3.41. The first-order valence-corrected chi connectivity index (χ1v) is 8.53. The lowest BCUT2D eigenvalue weighted by molar-refractivity contribution is 0.0589. The fourth-order valence-electron chi connectivity index (χ4n) is 2.63. The Bertz CT molecular complexity index is 492. The largest absolute Gasteiger partial charge is 0.491 e. The molecule has 5 heteroatoms. The normalized spacial score (nSPS) is 12.7. The number of aliphatic hydroxyl groups is 1. The number of nitrogens with zero attached hydrogens (tertiary/aromatic N) is 1. The molecule has 24 heavy (non-hydrogen) atoms. The molecule has 1 atom stereocenters. The van der Waals surface area contributed by atoms with E-state index in [1.54, 1.807) is 24.3 Å². The lowest BCUT2D eigenvalue weighted by Gasteiger charge is -2.28. The van der Waals surface area contributed by atoms with Gasteiger partial charge < -0.3 is 19.5 Å². The van der Waals surface area contributed by atoms with Crippen molar-refractivity contribution < 1.29 is 19.4 Å². The highest BCUT2D eigenvalue weighted by molar-refractivity contribution is 5.89. The Morgan fingerprint density at radius 2 is 1.75 bits per heavy atom. The highest BCUT2D eigenvalue weighted by atomic mass is 16.5. The summed E-state index contributed by atoms with van der Waals surface area (Å²) >= 11 is 0. The van der Waals surface area contributed by atoms with Crippen molar-refractivity contribution in [2.45, 2.75) is 33.8 Å². The summed E-state index contributed by atoms with van der Waals surface area (Å²) in [5.41, 5.74) is 0.436. The molecule has 0 saturated carbocycles. The minimum absolute atomic E-state index is 0.192. The number of aliphatic hydroxyl groups excluding tert-OH is 1. The van der Waals surface area contributed by atoms with E-state index in [4.69, 9.17) is 9.47 Å². The monoisotopic (exact) mass is 337 g/mol. The number of ether oxygens (including phenoxy) is 2. The predicted octanol–water partition coefficient (Wildman–Crippen LogP) is 2.83. The minimum Gasteiger partial charge on any atom is -0.491 e. The van der Waals surface area contributed by atoms with E-state index >= 15 is 0 Å².